The van der Waals surface area contributed by atoms with Crippen molar-refractivity contribution in [3.63, 3.8) is 0 Å². The van der Waals surface area contributed by atoms with Crippen molar-refractivity contribution >= 4 is 90.0 Å². The third-order valence-corrected chi connectivity index (χ3v) is 19.2. The fraction of sp³-hybridized carbons (Fsp3) is 0.409. The zero-order valence-corrected chi connectivity index (χ0v) is 53.1. The lowest BCUT2D eigenvalue weighted by Gasteiger charge is -2.35. The highest BCUT2D eigenvalue weighted by atomic mass is 32.1. The number of nitrogens with zero attached hydrogens (tertiary/aromatic N) is 6. The van der Waals surface area contributed by atoms with Gasteiger partial charge in [-0.05, 0) is 123 Å². The molecule has 0 unspecified atom stereocenters. The van der Waals surface area contributed by atoms with E-state index in [0.29, 0.717) is 95.8 Å². The van der Waals surface area contributed by atoms with Crippen LogP contribution < -0.4 is 30.3 Å². The number of aromatic carboxylic acids is 1. The molecule has 1 saturated carbocycles. The first-order valence-corrected chi connectivity index (χ1v) is 32.5. The number of β-amino-alcohol motifs (C(OH)–C–C–N with tert-alkyl or cyclic N) is 1. The van der Waals surface area contributed by atoms with Crippen LogP contribution in [0, 0.1) is 30.0 Å². The van der Waals surface area contributed by atoms with E-state index in [0.717, 1.165) is 37.5 Å². The van der Waals surface area contributed by atoms with Crippen LogP contribution in [0.3, 0.4) is 0 Å². The van der Waals surface area contributed by atoms with E-state index >= 15 is 4.39 Å². The van der Waals surface area contributed by atoms with Crippen molar-refractivity contribution in [2.75, 3.05) is 50.1 Å². The molecule has 3 aliphatic rings. The van der Waals surface area contributed by atoms with Gasteiger partial charge in [0.15, 0.2) is 33.2 Å². The summed E-state index contributed by atoms with van der Waals surface area (Å²) in [6.45, 7) is 8.57. The molecule has 3 atom stereocenters. The molecule has 0 spiro atoms. The Labute approximate surface area is 532 Å². The minimum absolute atomic E-state index is 0.0111. The van der Waals surface area contributed by atoms with Crippen LogP contribution in [-0.2, 0) is 45.1 Å². The van der Waals surface area contributed by atoms with Crippen LogP contribution in [0.1, 0.15) is 126 Å². The Bertz CT molecular complexity index is 3870. The van der Waals surface area contributed by atoms with Crippen molar-refractivity contribution in [3.05, 3.63) is 134 Å². The van der Waals surface area contributed by atoms with E-state index in [-0.39, 0.29) is 75.2 Å². The first kappa shape index (κ1) is 64.6. The number of thiazole rings is 3. The lowest BCUT2D eigenvalue weighted by molar-refractivity contribution is -0.145. The van der Waals surface area contributed by atoms with Gasteiger partial charge in [-0.15, -0.1) is 22.7 Å². The van der Waals surface area contributed by atoms with E-state index in [4.69, 9.17) is 9.47 Å². The molecule has 5 heterocycles. The maximum atomic E-state index is 15.3. The van der Waals surface area contributed by atoms with E-state index < -0.39 is 58.8 Å². The van der Waals surface area contributed by atoms with Gasteiger partial charge < -0.3 is 45.0 Å². The number of nitrogens with one attached hydrogen (secondary N) is 3. The number of para-hydroxylation sites is 1. The van der Waals surface area contributed by atoms with E-state index in [9.17, 15) is 43.4 Å². The molecule has 10 rings (SSSR count). The first-order valence-electron chi connectivity index (χ1n) is 30.0. The van der Waals surface area contributed by atoms with Crippen LogP contribution in [0.4, 0.5) is 19.0 Å². The molecule has 90 heavy (non-hydrogen) atoms. The second-order valence-corrected chi connectivity index (χ2v) is 26.8. The number of carbonyl (C=O) groups is 6. The fourth-order valence-corrected chi connectivity index (χ4v) is 13.6. The van der Waals surface area contributed by atoms with E-state index in [1.165, 1.54) is 55.9 Å². The second kappa shape index (κ2) is 28.2. The number of fused-ring (bicyclic) bond motifs is 2. The topological polar surface area (TPSA) is 246 Å². The molecule has 1 saturated heterocycles. The van der Waals surface area contributed by atoms with Crippen LogP contribution in [0.25, 0.3) is 20.7 Å². The molecule has 2 fully saturated rings. The number of benzene rings is 4. The number of aryl methyl sites for hydroxylation is 2. The minimum atomic E-state index is -2.00. The van der Waals surface area contributed by atoms with Gasteiger partial charge in [-0.2, -0.15) is 0 Å². The molecule has 1 aliphatic carbocycles. The van der Waals surface area contributed by atoms with Gasteiger partial charge >= 0.3 is 5.97 Å². The number of carbonyl (C=O) groups excluding carboxylic acids is 5. The number of carboxylic acids is 1. The van der Waals surface area contributed by atoms with Gasteiger partial charge in [0.1, 0.15) is 17.8 Å². The molecule has 472 valence electrons. The number of ether oxygens (including phenoxy) is 2. The monoisotopic (exact) mass is 1280 g/mol. The van der Waals surface area contributed by atoms with E-state index in [2.05, 4.69) is 42.7 Å². The molecule has 0 radical (unpaired) electrons. The Kier molecular flexibility index (Phi) is 20.2. The summed E-state index contributed by atoms with van der Waals surface area (Å²) >= 11 is 4.17. The molecule has 5 N–H and O–H groups in total. The Balaban J connectivity index is 0.657. The van der Waals surface area contributed by atoms with Crippen molar-refractivity contribution < 1.29 is 57.2 Å². The molecule has 2 aliphatic heterocycles. The highest BCUT2D eigenvalue weighted by Gasteiger charge is 2.53. The summed E-state index contributed by atoms with van der Waals surface area (Å²) in [4.78, 5) is 99.4. The Morgan fingerprint density at radius 2 is 1.72 bits per heavy atom. The number of aromatic nitrogens is 3. The van der Waals surface area contributed by atoms with Gasteiger partial charge in [0.05, 0.1) is 52.2 Å². The standard InChI is InChI=1S/C66H71F2N9O10S3/c1-39-56(88-38-70-39)42-22-23-43(35-69-59(81)49-34-44(78)36-77(49)60(82)57(65(2,3)4)73-62(85)66(68)26-27-66)51(33-42)87-30-10-6-7-20-54(79)75(5)28-12-14-40-21-24-50(47(67)32-40)86-31-13-19-53-55(61(83)84)72-64(90-53)76-29-25-41-15-11-16-45(46(41)37-76)58(80)74-63-71-48-17-8-9-18-52(48)89-63/h8-9,11,15-18,21-24,32-33,38,44,49,57,78H,6-7,10,13,19-20,25-31,34-37H2,1-5H3,(H,69,81)(H,73,85)(H,83,84)(H,71,74,80)/t44-,49+,57-/m1/s1. The number of halogens is 2. The van der Waals surface area contributed by atoms with Gasteiger partial charge in [-0.25, -0.2) is 28.5 Å². The van der Waals surface area contributed by atoms with Crippen molar-refractivity contribution in [2.45, 2.75) is 129 Å². The smallest absolute Gasteiger partial charge is 0.355 e. The summed E-state index contributed by atoms with van der Waals surface area (Å²) in [6.07, 6.45) is 2.70. The average molecular weight is 1280 g/mol. The summed E-state index contributed by atoms with van der Waals surface area (Å²) in [5.41, 5.74) is 4.91. The number of aliphatic hydroxyl groups is 1. The number of amides is 5. The molecule has 19 nitrogen and oxygen atoms in total. The summed E-state index contributed by atoms with van der Waals surface area (Å²) in [6, 6.07) is 21.2. The van der Waals surface area contributed by atoms with Gasteiger partial charge in [0, 0.05) is 67.6 Å². The first-order chi connectivity index (χ1) is 43.1. The fourth-order valence-electron chi connectivity index (χ4n) is 10.8. The number of unbranched alkanes of at least 4 members (excludes halogenated alkanes) is 2. The molecule has 5 amide bonds. The number of carboxylic acid groups (broad SMARTS) is 1. The second-order valence-electron chi connectivity index (χ2n) is 23.9. The number of hydrogen-bond donors (Lipinski definition) is 5. The lowest BCUT2D eigenvalue weighted by Crippen LogP contribution is -2.59. The van der Waals surface area contributed by atoms with Crippen molar-refractivity contribution in [3.8, 4) is 33.8 Å². The number of aliphatic hydroxyl groups excluding tert-OH is 1. The van der Waals surface area contributed by atoms with E-state index in [1.54, 1.807) is 45.5 Å². The molecule has 3 aromatic heterocycles. The zero-order valence-electron chi connectivity index (χ0n) is 50.7. The normalized spacial score (nSPS) is 16.1. The molecular formula is C66H71F2N9O10S3. The average Bonchev–Trinajstić information content (AvgIpc) is 1.60. The van der Waals surface area contributed by atoms with Gasteiger partial charge in [-0.1, -0.05) is 80.3 Å². The third kappa shape index (κ3) is 15.6. The number of hydrogen-bond acceptors (Lipinski definition) is 16. The van der Waals surface area contributed by atoms with Crippen molar-refractivity contribution in [1.29, 1.82) is 0 Å². The third-order valence-electron chi connectivity index (χ3n) is 16.1. The zero-order chi connectivity index (χ0) is 63.9. The molecule has 4 aromatic carbocycles. The number of anilines is 2. The molecule has 0 bridgehead atoms. The van der Waals surface area contributed by atoms with Crippen LogP contribution in [0.2, 0.25) is 0 Å². The van der Waals surface area contributed by atoms with Crippen LogP contribution in [-0.4, -0.2) is 134 Å². The number of likely N-dealkylation sites (tertiary alicyclic amines) is 1. The quantitative estimate of drug-likeness (QED) is 0.0279. The van der Waals surface area contributed by atoms with Crippen LogP contribution in [0.15, 0.2) is 84.4 Å². The Morgan fingerprint density at radius 1 is 0.933 bits per heavy atom. The Morgan fingerprint density at radius 3 is 2.47 bits per heavy atom. The number of rotatable bonds is 24. The van der Waals surface area contributed by atoms with Crippen molar-refractivity contribution in [1.82, 2.24) is 35.4 Å². The van der Waals surface area contributed by atoms with E-state index in [1.807, 2.05) is 66.4 Å². The van der Waals surface area contributed by atoms with Gasteiger partial charge in [-0.3, -0.25) is 29.3 Å². The highest BCUT2D eigenvalue weighted by molar-refractivity contribution is 7.22. The van der Waals surface area contributed by atoms with Crippen LogP contribution in [0.5, 0.6) is 11.5 Å². The maximum Gasteiger partial charge on any atom is 0.355 e. The minimum Gasteiger partial charge on any atom is -0.493 e. The molecule has 7 aromatic rings. The van der Waals surface area contributed by atoms with Crippen molar-refractivity contribution in [2.24, 2.45) is 5.41 Å². The predicted octanol–water partition coefficient (Wildman–Crippen LogP) is 9.91. The number of alkyl halides is 1. The summed E-state index contributed by atoms with van der Waals surface area (Å²) in [7, 11) is 1.66. The van der Waals surface area contributed by atoms with Gasteiger partial charge in [0.2, 0.25) is 17.7 Å². The highest BCUT2D eigenvalue weighted by Crippen LogP contribution is 2.41. The molecule has 24 heteroatoms. The lowest BCUT2D eigenvalue weighted by atomic mass is 9.85. The SMILES string of the molecule is Cc1ncsc1-c1ccc(CNC(=O)[C@@H]2C[C@@H](O)CN2C(=O)[C@@H](NC(=O)C2(F)CC2)C(C)(C)C)c(OCCCCCC(=O)N(C)CC#Cc2ccc(OCCCc3sc(N4CCc5cccc(C(=O)Nc6nc7ccccc7s6)c5C4)nc3C(=O)O)c(F)c2)c1. The summed E-state index contributed by atoms with van der Waals surface area (Å²) < 4.78 is 43.1. The summed E-state index contributed by atoms with van der Waals surface area (Å²) in [5, 5.41) is 30.3. The molecular weight excluding hydrogens is 1210 g/mol. The predicted molar refractivity (Wildman–Crippen MR) is 341 cm³/mol. The summed E-state index contributed by atoms with van der Waals surface area (Å²) in [5.74, 6) is 2.36. The van der Waals surface area contributed by atoms with Gasteiger partial charge in [0.25, 0.3) is 11.8 Å². The largest absolute Gasteiger partial charge is 0.493 e. The Hall–Kier alpha value is -8.37. The van der Waals surface area contributed by atoms with Crippen LogP contribution >= 0.6 is 34.0 Å². The maximum absolute atomic E-state index is 15.3.